The first-order valence-corrected chi connectivity index (χ1v) is 18.5. The summed E-state index contributed by atoms with van der Waals surface area (Å²) in [6, 6.07) is 0.0497. The molecule has 8 heteroatoms. The van der Waals surface area contributed by atoms with Gasteiger partial charge in [0.15, 0.2) is 6.29 Å². The number of morpholine rings is 1. The van der Waals surface area contributed by atoms with Gasteiger partial charge in [0.05, 0.1) is 68.5 Å². The Hall–Kier alpha value is -0.320. The molecular formula is C37H62N2O6. The Balaban J connectivity index is 1.03. The lowest BCUT2D eigenvalue weighted by molar-refractivity contribution is -0.256. The van der Waals surface area contributed by atoms with Crippen LogP contribution >= 0.6 is 0 Å². The molecule has 0 amide bonds. The number of hydrogen-bond acceptors (Lipinski definition) is 8. The van der Waals surface area contributed by atoms with E-state index in [4.69, 9.17) is 24.7 Å². The third-order valence-electron chi connectivity index (χ3n) is 16.5. The van der Waals surface area contributed by atoms with Gasteiger partial charge in [-0.15, -0.1) is 0 Å². The molecule has 3 heterocycles. The van der Waals surface area contributed by atoms with Gasteiger partial charge in [0.2, 0.25) is 0 Å². The lowest BCUT2D eigenvalue weighted by Crippen LogP contribution is -2.60. The summed E-state index contributed by atoms with van der Waals surface area (Å²) in [5.41, 5.74) is 6.15. The number of hydrogen-bond donors (Lipinski definition) is 3. The van der Waals surface area contributed by atoms with E-state index in [0.717, 1.165) is 45.8 Å². The molecule has 45 heavy (non-hydrogen) atoms. The first-order valence-electron chi connectivity index (χ1n) is 18.5. The van der Waals surface area contributed by atoms with E-state index in [0.29, 0.717) is 40.5 Å². The van der Waals surface area contributed by atoms with E-state index < -0.39 is 17.7 Å². The highest BCUT2D eigenvalue weighted by atomic mass is 16.7. The Morgan fingerprint density at radius 1 is 1.00 bits per heavy atom. The molecule has 6 unspecified atom stereocenters. The molecule has 0 bridgehead atoms. The van der Waals surface area contributed by atoms with E-state index in [9.17, 15) is 10.2 Å². The van der Waals surface area contributed by atoms with E-state index in [1.807, 2.05) is 0 Å². The summed E-state index contributed by atoms with van der Waals surface area (Å²) in [4.78, 5) is 2.51. The summed E-state index contributed by atoms with van der Waals surface area (Å²) >= 11 is 0. The van der Waals surface area contributed by atoms with Gasteiger partial charge in [0, 0.05) is 12.0 Å². The summed E-state index contributed by atoms with van der Waals surface area (Å²) in [5.74, 6) is 1.85. The standard InChI is InChI=1S/C37H62N2O6/c1-21-16-23(30(38)33(4,5)41)44-29-28(21)34(6)12-13-37-20-36(37)11-10-26(45-27-17-39(14-15-43-27)22-18-42-19-22)32(2,3)24(36)8-9-25(37)35(34,7)31(29)40/h21-31,40-41H,8-20,38H2,1-7H3/t21-,23?,24+,25?,26+,27?,28+,29?,30+,31+,34-,35?,36-,37?/m1/s1. The molecule has 8 rings (SSSR count). The van der Waals surface area contributed by atoms with E-state index in [1.54, 1.807) is 13.8 Å². The van der Waals surface area contributed by atoms with Crippen molar-refractivity contribution >= 4 is 0 Å². The van der Waals surface area contributed by atoms with Crippen molar-refractivity contribution in [1.29, 1.82) is 0 Å². The summed E-state index contributed by atoms with van der Waals surface area (Å²) in [6.07, 6.45) is 8.44. The number of ether oxygens (including phenoxy) is 4. The molecule has 0 aromatic rings. The molecule has 256 valence electrons. The zero-order chi connectivity index (χ0) is 31.9. The maximum Gasteiger partial charge on any atom is 0.170 e. The normalized spacial score (nSPS) is 54.9. The van der Waals surface area contributed by atoms with Crippen LogP contribution in [0.15, 0.2) is 0 Å². The van der Waals surface area contributed by atoms with Crippen LogP contribution in [0.3, 0.4) is 0 Å². The van der Waals surface area contributed by atoms with E-state index >= 15 is 0 Å². The number of nitrogens with zero attached hydrogens (tertiary/aromatic N) is 1. The lowest BCUT2D eigenvalue weighted by Gasteiger charge is -2.64. The number of nitrogens with two attached hydrogens (primary N) is 1. The third kappa shape index (κ3) is 4.12. The Morgan fingerprint density at radius 3 is 2.40 bits per heavy atom. The molecule has 0 radical (unpaired) electrons. The minimum Gasteiger partial charge on any atom is -0.390 e. The van der Waals surface area contributed by atoms with Gasteiger partial charge < -0.3 is 34.9 Å². The monoisotopic (exact) mass is 630 g/mol. The van der Waals surface area contributed by atoms with Crippen molar-refractivity contribution in [2.24, 2.45) is 56.5 Å². The van der Waals surface area contributed by atoms with Crippen molar-refractivity contribution in [2.75, 3.05) is 32.9 Å². The number of aliphatic hydroxyl groups is 2. The average Bonchev–Trinajstić information content (AvgIpc) is 3.57. The van der Waals surface area contributed by atoms with Crippen LogP contribution in [0, 0.1) is 50.7 Å². The first-order chi connectivity index (χ1) is 21.1. The zero-order valence-electron chi connectivity index (χ0n) is 29.1. The predicted octanol–water partition coefficient (Wildman–Crippen LogP) is 4.34. The molecular weight excluding hydrogens is 568 g/mol. The summed E-state index contributed by atoms with van der Waals surface area (Å²) in [7, 11) is 0. The highest BCUT2D eigenvalue weighted by Gasteiger charge is 2.84. The van der Waals surface area contributed by atoms with Crippen molar-refractivity contribution < 1.29 is 29.2 Å². The van der Waals surface area contributed by atoms with Gasteiger partial charge in [-0.05, 0) is 111 Å². The topological polar surface area (TPSA) is 107 Å². The van der Waals surface area contributed by atoms with Crippen molar-refractivity contribution in [1.82, 2.24) is 4.90 Å². The van der Waals surface area contributed by atoms with Gasteiger partial charge >= 0.3 is 0 Å². The van der Waals surface area contributed by atoms with Gasteiger partial charge in [0.1, 0.15) is 0 Å². The molecule has 14 atom stereocenters. The Morgan fingerprint density at radius 2 is 1.71 bits per heavy atom. The highest BCUT2D eigenvalue weighted by molar-refractivity contribution is 5.33. The Labute approximate surface area is 271 Å². The Bertz CT molecular complexity index is 1170. The maximum atomic E-state index is 12.5. The minimum absolute atomic E-state index is 0.0261. The quantitative estimate of drug-likeness (QED) is 0.412. The molecule has 0 aromatic carbocycles. The third-order valence-corrected chi connectivity index (χ3v) is 16.5. The van der Waals surface area contributed by atoms with Gasteiger partial charge in [-0.2, -0.15) is 0 Å². The lowest BCUT2D eigenvalue weighted by atomic mass is 9.41. The Kier molecular flexibility index (Phi) is 7.18. The van der Waals surface area contributed by atoms with E-state index in [2.05, 4.69) is 39.5 Å². The van der Waals surface area contributed by atoms with Crippen molar-refractivity contribution in [3.8, 4) is 0 Å². The average molecular weight is 631 g/mol. The zero-order valence-corrected chi connectivity index (χ0v) is 29.1. The second-order valence-corrected chi connectivity index (χ2v) is 18.8. The fourth-order valence-corrected chi connectivity index (χ4v) is 13.9. The second kappa shape index (κ2) is 10.1. The fraction of sp³-hybridized carbons (Fsp3) is 1.00. The van der Waals surface area contributed by atoms with Crippen LogP contribution in [0.1, 0.15) is 99.8 Å². The van der Waals surface area contributed by atoms with Crippen LogP contribution in [-0.4, -0.2) is 96.4 Å². The van der Waals surface area contributed by atoms with Gasteiger partial charge in [-0.3, -0.25) is 4.90 Å². The molecule has 8 fully saturated rings. The van der Waals surface area contributed by atoms with Gasteiger partial charge in [0.25, 0.3) is 0 Å². The molecule has 0 aromatic heterocycles. The molecule has 3 saturated heterocycles. The number of aliphatic hydroxyl groups excluding tert-OH is 1. The van der Waals surface area contributed by atoms with Gasteiger partial charge in [-0.1, -0.05) is 34.6 Å². The number of fused-ring (bicyclic) bond motifs is 4. The van der Waals surface area contributed by atoms with Crippen LogP contribution in [-0.2, 0) is 18.9 Å². The van der Waals surface area contributed by atoms with Crippen molar-refractivity contribution in [3.63, 3.8) is 0 Å². The SMILES string of the molecule is C[C@@H]1CC([C@H](N)C(C)(C)O)OC2[C@H]1[C@@]1(C)CCC34C[C@@]35CC[C@H](OC3CN(C6COC6)CCO3)C(C)(C)[C@@H]5CCC4C1(C)[C@H]2O. The van der Waals surface area contributed by atoms with Crippen molar-refractivity contribution in [3.05, 3.63) is 0 Å². The minimum atomic E-state index is -1.02. The highest BCUT2D eigenvalue weighted by Crippen LogP contribution is 2.89. The summed E-state index contributed by atoms with van der Waals surface area (Å²) in [5, 5.41) is 23.2. The fourth-order valence-electron chi connectivity index (χ4n) is 13.9. The van der Waals surface area contributed by atoms with Crippen LogP contribution < -0.4 is 5.73 Å². The summed E-state index contributed by atoms with van der Waals surface area (Å²) in [6.45, 7) is 20.1. The molecule has 2 spiro atoms. The molecule has 8 aliphatic rings. The molecule has 3 aliphatic heterocycles. The van der Waals surface area contributed by atoms with Crippen LogP contribution in [0.5, 0.6) is 0 Å². The summed E-state index contributed by atoms with van der Waals surface area (Å²) < 4.78 is 25.4. The molecule has 5 aliphatic carbocycles. The number of rotatable bonds is 5. The first kappa shape index (κ1) is 31.9. The van der Waals surface area contributed by atoms with E-state index in [1.165, 1.54) is 38.5 Å². The van der Waals surface area contributed by atoms with E-state index in [-0.39, 0.29) is 40.8 Å². The second-order valence-electron chi connectivity index (χ2n) is 18.8. The van der Waals surface area contributed by atoms with Crippen LogP contribution in [0.25, 0.3) is 0 Å². The van der Waals surface area contributed by atoms with Crippen LogP contribution in [0.4, 0.5) is 0 Å². The molecule has 4 N–H and O–H groups in total. The largest absolute Gasteiger partial charge is 0.390 e. The van der Waals surface area contributed by atoms with Gasteiger partial charge in [-0.25, -0.2) is 0 Å². The smallest absolute Gasteiger partial charge is 0.170 e. The van der Waals surface area contributed by atoms with Crippen LogP contribution in [0.2, 0.25) is 0 Å². The molecule has 8 nitrogen and oxygen atoms in total. The maximum absolute atomic E-state index is 12.5. The van der Waals surface area contributed by atoms with Crippen molar-refractivity contribution in [2.45, 2.75) is 148 Å². The predicted molar refractivity (Wildman–Crippen MR) is 171 cm³/mol. The molecule has 5 saturated carbocycles.